The minimum absolute atomic E-state index is 0.140. The van der Waals surface area contributed by atoms with Gasteiger partial charge in [0.1, 0.15) is 11.5 Å². The molecule has 2 rings (SSSR count). The van der Waals surface area contributed by atoms with Crippen molar-refractivity contribution in [1.82, 2.24) is 15.2 Å². The molecule has 9 nitrogen and oxygen atoms in total. The van der Waals surface area contributed by atoms with Crippen LogP contribution in [0.25, 0.3) is 0 Å². The van der Waals surface area contributed by atoms with Gasteiger partial charge in [-0.25, -0.2) is 10.5 Å². The highest BCUT2D eigenvalue weighted by Gasteiger charge is 2.11. The molecule has 0 aliphatic carbocycles. The molecule has 1 aromatic carbocycles. The molecule has 2 aromatic rings. The maximum atomic E-state index is 11.5. The van der Waals surface area contributed by atoms with E-state index in [1.807, 2.05) is 19.1 Å². The number of H-pyrrole nitrogens is 1. The number of anilines is 1. The average Bonchev–Trinajstić information content (AvgIpc) is 3.11. The maximum Gasteiger partial charge on any atom is 0.316 e. The van der Waals surface area contributed by atoms with Gasteiger partial charge in [0.25, 0.3) is 0 Å². The summed E-state index contributed by atoms with van der Waals surface area (Å²) >= 11 is 1.18. The first-order valence-corrected chi connectivity index (χ1v) is 9.19. The van der Waals surface area contributed by atoms with Crippen LogP contribution in [0.2, 0.25) is 0 Å². The van der Waals surface area contributed by atoms with Gasteiger partial charge < -0.3 is 14.2 Å². The van der Waals surface area contributed by atoms with Crippen molar-refractivity contribution in [2.45, 2.75) is 32.0 Å². The lowest BCUT2D eigenvalue weighted by molar-refractivity contribution is -0.144. The van der Waals surface area contributed by atoms with Crippen molar-refractivity contribution in [2.75, 3.05) is 25.4 Å². The van der Waals surface area contributed by atoms with Crippen molar-refractivity contribution in [3.05, 3.63) is 23.8 Å². The summed E-state index contributed by atoms with van der Waals surface area (Å²) in [6.45, 7) is 5.44. The summed E-state index contributed by atoms with van der Waals surface area (Å²) in [5.41, 5.74) is 4.32. The van der Waals surface area contributed by atoms with Crippen molar-refractivity contribution in [1.29, 1.82) is 0 Å². The zero-order valence-electron chi connectivity index (χ0n) is 15.9. The zero-order valence-corrected chi connectivity index (χ0v) is 16.7. The van der Waals surface area contributed by atoms with Crippen LogP contribution in [0.4, 0.5) is 5.95 Å². The van der Waals surface area contributed by atoms with Crippen LogP contribution in [0.3, 0.4) is 0 Å². The number of aromatic amines is 1. The number of hydrogen-bond donors (Lipinski definition) is 2. The van der Waals surface area contributed by atoms with E-state index in [0.29, 0.717) is 28.3 Å². The van der Waals surface area contributed by atoms with Gasteiger partial charge in [0, 0.05) is 11.6 Å². The lowest BCUT2D eigenvalue weighted by atomic mass is 10.1. The number of ether oxygens (including phenoxy) is 3. The Morgan fingerprint density at radius 1 is 1.33 bits per heavy atom. The number of rotatable bonds is 9. The Morgan fingerprint density at radius 2 is 2.11 bits per heavy atom. The van der Waals surface area contributed by atoms with Crippen molar-refractivity contribution in [3.63, 3.8) is 0 Å². The largest absolute Gasteiger partial charge is 0.497 e. The summed E-state index contributed by atoms with van der Waals surface area (Å²) in [6.07, 6.45) is -0.144. The fourth-order valence-corrected chi connectivity index (χ4v) is 2.66. The van der Waals surface area contributed by atoms with Crippen LogP contribution in [0.5, 0.6) is 11.5 Å². The van der Waals surface area contributed by atoms with E-state index >= 15 is 0 Å². The molecular weight excluding hydrogens is 370 g/mol. The number of nitrogens with zero attached hydrogens (tertiary/aromatic N) is 3. The fraction of sp³-hybridized carbons (Fsp3) is 0.412. The van der Waals surface area contributed by atoms with E-state index in [-0.39, 0.29) is 17.8 Å². The number of carbonyl (C=O) groups is 1. The topological polar surface area (TPSA) is 111 Å². The second kappa shape index (κ2) is 9.81. The summed E-state index contributed by atoms with van der Waals surface area (Å²) < 4.78 is 15.6. The molecule has 0 saturated heterocycles. The van der Waals surface area contributed by atoms with Gasteiger partial charge >= 0.3 is 5.97 Å². The first kappa shape index (κ1) is 20.6. The Balaban J connectivity index is 1.98. The molecule has 2 N–H and O–H groups in total. The fourth-order valence-electron chi connectivity index (χ4n) is 2.08. The predicted octanol–water partition coefficient (Wildman–Crippen LogP) is 2.70. The quantitative estimate of drug-likeness (QED) is 0.290. The van der Waals surface area contributed by atoms with Gasteiger partial charge in [-0.3, -0.25) is 4.79 Å². The first-order chi connectivity index (χ1) is 12.9. The molecule has 27 heavy (non-hydrogen) atoms. The van der Waals surface area contributed by atoms with E-state index in [0.717, 1.165) is 5.56 Å². The molecule has 0 fully saturated rings. The Hall–Kier alpha value is -2.75. The van der Waals surface area contributed by atoms with Crippen LogP contribution in [-0.4, -0.2) is 52.9 Å². The van der Waals surface area contributed by atoms with E-state index in [9.17, 15) is 4.79 Å². The molecule has 1 aromatic heterocycles. The van der Waals surface area contributed by atoms with Crippen LogP contribution in [-0.2, 0) is 9.53 Å². The molecular formula is C17H23N5O4S. The van der Waals surface area contributed by atoms with Crippen LogP contribution >= 0.6 is 11.8 Å². The smallest absolute Gasteiger partial charge is 0.316 e. The number of methoxy groups -OCH3 is 2. The number of carbonyl (C=O) groups excluding carboxylic acids is 1. The molecule has 0 radical (unpaired) electrons. The third-order valence-corrected chi connectivity index (χ3v) is 4.10. The molecule has 0 amide bonds. The first-order valence-electron chi connectivity index (χ1n) is 8.20. The Morgan fingerprint density at radius 3 is 2.78 bits per heavy atom. The molecule has 1 heterocycles. The van der Waals surface area contributed by atoms with Crippen molar-refractivity contribution in [3.8, 4) is 11.5 Å². The molecule has 10 heteroatoms. The molecule has 0 saturated carbocycles. The molecule has 146 valence electrons. The molecule has 0 atom stereocenters. The number of hydrazone groups is 1. The van der Waals surface area contributed by atoms with Crippen LogP contribution in [0.15, 0.2) is 28.5 Å². The van der Waals surface area contributed by atoms with E-state index in [1.54, 1.807) is 34.1 Å². The maximum absolute atomic E-state index is 11.5. The SMILES string of the molecule is COc1ccc(/C(C)=N/Nc2nc(SCC(=O)OC(C)C)n[nH]2)c(OC)c1. The highest BCUT2D eigenvalue weighted by Crippen LogP contribution is 2.25. The van der Waals surface area contributed by atoms with Gasteiger partial charge in [-0.05, 0) is 32.9 Å². The van der Waals surface area contributed by atoms with Gasteiger partial charge in [0.15, 0.2) is 0 Å². The average molecular weight is 393 g/mol. The minimum atomic E-state index is -0.310. The monoisotopic (exact) mass is 393 g/mol. The number of hydrogen-bond acceptors (Lipinski definition) is 9. The highest BCUT2D eigenvalue weighted by atomic mass is 32.2. The van der Waals surface area contributed by atoms with E-state index < -0.39 is 0 Å². The summed E-state index contributed by atoms with van der Waals surface area (Å²) in [5.74, 6) is 1.54. The van der Waals surface area contributed by atoms with Gasteiger partial charge in [0.2, 0.25) is 11.1 Å². The molecule has 0 bridgehead atoms. The van der Waals surface area contributed by atoms with Crippen LogP contribution in [0, 0.1) is 0 Å². The number of benzene rings is 1. The Bertz CT molecular complexity index is 806. The lowest BCUT2D eigenvalue weighted by Crippen LogP contribution is -2.13. The molecule has 0 unspecified atom stereocenters. The second-order valence-corrected chi connectivity index (χ2v) is 6.61. The van der Waals surface area contributed by atoms with Gasteiger partial charge in [-0.15, -0.1) is 5.10 Å². The van der Waals surface area contributed by atoms with Crippen molar-refractivity contribution < 1.29 is 19.0 Å². The molecule has 0 spiro atoms. The van der Waals surface area contributed by atoms with E-state index in [2.05, 4.69) is 25.7 Å². The van der Waals surface area contributed by atoms with Crippen molar-refractivity contribution in [2.24, 2.45) is 5.10 Å². The Kier molecular flexibility index (Phi) is 7.47. The van der Waals surface area contributed by atoms with Gasteiger partial charge in [-0.2, -0.15) is 10.1 Å². The molecule has 0 aliphatic heterocycles. The number of aromatic nitrogens is 3. The van der Waals surface area contributed by atoms with E-state index in [4.69, 9.17) is 14.2 Å². The summed E-state index contributed by atoms with van der Waals surface area (Å²) in [4.78, 5) is 15.8. The zero-order chi connectivity index (χ0) is 19.8. The standard InChI is InChI=1S/C17H23N5O4S/c1-10(2)26-15(23)9-27-17-18-16(21-22-17)20-19-11(3)13-7-6-12(24-4)8-14(13)25-5/h6-8,10H,9H2,1-5H3,(H2,18,20,21,22)/b19-11+. The minimum Gasteiger partial charge on any atom is -0.497 e. The summed E-state index contributed by atoms with van der Waals surface area (Å²) in [5, 5.41) is 11.5. The van der Waals surface area contributed by atoms with E-state index in [1.165, 1.54) is 11.8 Å². The van der Waals surface area contributed by atoms with Gasteiger partial charge in [0.05, 0.1) is 31.8 Å². The van der Waals surface area contributed by atoms with Crippen molar-refractivity contribution >= 4 is 29.4 Å². The number of esters is 1. The number of thioether (sulfide) groups is 1. The normalized spacial score (nSPS) is 11.4. The predicted molar refractivity (Wildman–Crippen MR) is 104 cm³/mol. The number of nitrogens with one attached hydrogen (secondary N) is 2. The third-order valence-electron chi connectivity index (χ3n) is 3.28. The highest BCUT2D eigenvalue weighted by molar-refractivity contribution is 7.99. The third kappa shape index (κ3) is 6.17. The second-order valence-electron chi connectivity index (χ2n) is 5.67. The van der Waals surface area contributed by atoms with Crippen LogP contribution < -0.4 is 14.9 Å². The summed E-state index contributed by atoms with van der Waals surface area (Å²) in [7, 11) is 3.18. The summed E-state index contributed by atoms with van der Waals surface area (Å²) in [6, 6.07) is 5.48. The lowest BCUT2D eigenvalue weighted by Gasteiger charge is -2.10. The molecule has 0 aliphatic rings. The van der Waals surface area contributed by atoms with Crippen LogP contribution in [0.1, 0.15) is 26.3 Å². The van der Waals surface area contributed by atoms with Gasteiger partial charge in [-0.1, -0.05) is 11.8 Å². The Labute approximate surface area is 161 Å².